The van der Waals surface area contributed by atoms with E-state index < -0.39 is 6.36 Å². The molecule has 0 saturated carbocycles. The lowest BCUT2D eigenvalue weighted by molar-refractivity contribution is -0.274. The third kappa shape index (κ3) is 2.29. The van der Waals surface area contributed by atoms with Crippen molar-refractivity contribution in [3.05, 3.63) is 35.9 Å². The summed E-state index contributed by atoms with van der Waals surface area (Å²) in [5.74, 6) is 0.443. The Morgan fingerprint density at radius 1 is 1.32 bits per heavy atom. The monoisotopic (exact) mass is 269 g/mol. The molecule has 0 radical (unpaired) electrons. The van der Waals surface area contributed by atoms with Crippen LogP contribution in [0.2, 0.25) is 0 Å². The van der Waals surface area contributed by atoms with E-state index in [0.717, 1.165) is 17.7 Å². The topological polar surface area (TPSA) is 21.3 Å². The molecule has 0 saturated heterocycles. The van der Waals surface area contributed by atoms with Crippen LogP contribution in [0.1, 0.15) is 24.8 Å². The second-order valence-electron chi connectivity index (χ2n) is 5.08. The number of hydrogen-bond donors (Lipinski definition) is 1. The molecule has 1 aromatic rings. The molecule has 3 unspecified atom stereocenters. The normalized spacial score (nSPS) is 28.5. The predicted octanol–water partition coefficient (Wildman–Crippen LogP) is 4.06. The minimum absolute atomic E-state index is 0.151. The highest BCUT2D eigenvalue weighted by molar-refractivity contribution is 5.60. The van der Waals surface area contributed by atoms with Crippen LogP contribution < -0.4 is 10.1 Å². The molecule has 1 aliphatic carbocycles. The van der Waals surface area contributed by atoms with Crippen LogP contribution in [0.3, 0.4) is 0 Å². The number of allylic oxidation sites excluding steroid dienone is 2. The van der Waals surface area contributed by atoms with E-state index in [9.17, 15) is 13.2 Å². The minimum Gasteiger partial charge on any atom is -0.406 e. The number of ether oxygens (including phenoxy) is 1. The summed E-state index contributed by atoms with van der Waals surface area (Å²) in [7, 11) is 0. The first kappa shape index (κ1) is 12.4. The molecule has 1 aliphatic heterocycles. The van der Waals surface area contributed by atoms with Crippen LogP contribution in [0.25, 0.3) is 0 Å². The SMILES string of the molecule is CC1Nc2ccc(OC(F)(F)F)cc2C2C=CCC12. The molecular weight excluding hydrogens is 255 g/mol. The zero-order chi connectivity index (χ0) is 13.6. The minimum atomic E-state index is -4.64. The van der Waals surface area contributed by atoms with Crippen LogP contribution in [0.5, 0.6) is 5.75 Å². The molecule has 0 amide bonds. The van der Waals surface area contributed by atoms with Gasteiger partial charge in [0, 0.05) is 17.6 Å². The first-order chi connectivity index (χ1) is 8.94. The van der Waals surface area contributed by atoms with Crippen molar-refractivity contribution < 1.29 is 17.9 Å². The number of nitrogens with one attached hydrogen (secondary N) is 1. The molecule has 1 N–H and O–H groups in total. The standard InChI is InChI=1S/C14H14F3NO/c1-8-10-3-2-4-11(10)12-7-9(19-14(15,16)17)5-6-13(12)18-8/h2,4-8,10-11,18H,3H2,1H3. The third-order valence-electron chi connectivity index (χ3n) is 3.85. The maximum absolute atomic E-state index is 12.3. The van der Waals surface area contributed by atoms with Crippen molar-refractivity contribution in [2.75, 3.05) is 5.32 Å². The molecule has 2 nitrogen and oxygen atoms in total. The van der Waals surface area contributed by atoms with Crippen molar-refractivity contribution >= 4 is 5.69 Å². The van der Waals surface area contributed by atoms with E-state index in [2.05, 4.69) is 29.1 Å². The Bertz CT molecular complexity index is 524. The molecule has 19 heavy (non-hydrogen) atoms. The fourth-order valence-corrected chi connectivity index (χ4v) is 3.02. The Kier molecular flexibility index (Phi) is 2.73. The average Bonchev–Trinajstić information content (AvgIpc) is 2.78. The van der Waals surface area contributed by atoms with E-state index in [1.54, 1.807) is 6.07 Å². The number of benzene rings is 1. The highest BCUT2D eigenvalue weighted by Gasteiger charge is 2.36. The summed E-state index contributed by atoms with van der Waals surface area (Å²) in [5, 5.41) is 3.34. The molecule has 3 atom stereocenters. The molecule has 0 fully saturated rings. The summed E-state index contributed by atoms with van der Waals surface area (Å²) in [5.41, 5.74) is 1.79. The smallest absolute Gasteiger partial charge is 0.406 e. The van der Waals surface area contributed by atoms with Crippen LogP contribution in [0.15, 0.2) is 30.4 Å². The third-order valence-corrected chi connectivity index (χ3v) is 3.85. The molecule has 3 rings (SSSR count). The summed E-state index contributed by atoms with van der Waals surface area (Å²) in [4.78, 5) is 0. The van der Waals surface area contributed by atoms with Crippen molar-refractivity contribution in [2.24, 2.45) is 5.92 Å². The maximum atomic E-state index is 12.3. The first-order valence-electron chi connectivity index (χ1n) is 6.27. The number of hydrogen-bond acceptors (Lipinski definition) is 2. The van der Waals surface area contributed by atoms with Gasteiger partial charge in [0.15, 0.2) is 0 Å². The molecule has 0 aromatic heterocycles. The fraction of sp³-hybridized carbons (Fsp3) is 0.429. The highest BCUT2D eigenvalue weighted by atomic mass is 19.4. The van der Waals surface area contributed by atoms with Gasteiger partial charge in [-0.2, -0.15) is 0 Å². The van der Waals surface area contributed by atoms with Gasteiger partial charge < -0.3 is 10.1 Å². The number of rotatable bonds is 1. The molecule has 102 valence electrons. The number of fused-ring (bicyclic) bond motifs is 3. The van der Waals surface area contributed by atoms with Crippen LogP contribution in [0, 0.1) is 5.92 Å². The van der Waals surface area contributed by atoms with Gasteiger partial charge in [0.1, 0.15) is 5.75 Å². The van der Waals surface area contributed by atoms with Gasteiger partial charge in [-0.25, -0.2) is 0 Å². The number of alkyl halides is 3. The van der Waals surface area contributed by atoms with E-state index >= 15 is 0 Å². The number of halogens is 3. The molecular formula is C14H14F3NO. The van der Waals surface area contributed by atoms with Gasteiger partial charge in [0.05, 0.1) is 0 Å². The van der Waals surface area contributed by atoms with Gasteiger partial charge >= 0.3 is 6.36 Å². The van der Waals surface area contributed by atoms with Gasteiger partial charge in [0.25, 0.3) is 0 Å². The van der Waals surface area contributed by atoms with E-state index in [-0.39, 0.29) is 11.7 Å². The van der Waals surface area contributed by atoms with E-state index in [4.69, 9.17) is 0 Å². The second kappa shape index (κ2) is 4.18. The molecule has 5 heteroatoms. The quantitative estimate of drug-likeness (QED) is 0.776. The van der Waals surface area contributed by atoms with Crippen molar-refractivity contribution in [1.29, 1.82) is 0 Å². The van der Waals surface area contributed by atoms with Crippen LogP contribution >= 0.6 is 0 Å². The van der Waals surface area contributed by atoms with Gasteiger partial charge in [-0.15, -0.1) is 13.2 Å². The van der Waals surface area contributed by atoms with Gasteiger partial charge in [0.2, 0.25) is 0 Å². The Morgan fingerprint density at radius 2 is 2.11 bits per heavy atom. The van der Waals surface area contributed by atoms with Crippen molar-refractivity contribution in [2.45, 2.75) is 31.7 Å². The van der Waals surface area contributed by atoms with Crippen LogP contribution in [-0.2, 0) is 0 Å². The van der Waals surface area contributed by atoms with Crippen molar-refractivity contribution in [1.82, 2.24) is 0 Å². The van der Waals surface area contributed by atoms with Crippen molar-refractivity contribution in [3.63, 3.8) is 0 Å². The molecule has 1 aromatic carbocycles. The maximum Gasteiger partial charge on any atom is 0.573 e. The summed E-state index contributed by atoms with van der Waals surface area (Å²) in [6.07, 6.45) is 0.495. The lowest BCUT2D eigenvalue weighted by atomic mass is 9.80. The predicted molar refractivity (Wildman–Crippen MR) is 66.2 cm³/mol. The Morgan fingerprint density at radius 3 is 2.84 bits per heavy atom. The molecule has 0 spiro atoms. The van der Waals surface area contributed by atoms with Gasteiger partial charge in [-0.3, -0.25) is 0 Å². The summed E-state index contributed by atoms with van der Waals surface area (Å²) < 4.78 is 40.7. The largest absolute Gasteiger partial charge is 0.573 e. The van der Waals surface area contributed by atoms with E-state index in [0.29, 0.717) is 12.0 Å². The Hall–Kier alpha value is -1.65. The van der Waals surface area contributed by atoms with Gasteiger partial charge in [-0.1, -0.05) is 12.2 Å². The van der Waals surface area contributed by atoms with Gasteiger partial charge in [-0.05, 0) is 43.0 Å². The second-order valence-corrected chi connectivity index (χ2v) is 5.08. The number of anilines is 1. The molecule has 0 bridgehead atoms. The summed E-state index contributed by atoms with van der Waals surface area (Å²) in [6.45, 7) is 2.10. The Labute approximate surface area is 109 Å². The summed E-state index contributed by atoms with van der Waals surface area (Å²) in [6, 6.07) is 4.83. The van der Waals surface area contributed by atoms with Crippen molar-refractivity contribution in [3.8, 4) is 5.75 Å². The first-order valence-corrected chi connectivity index (χ1v) is 6.27. The highest BCUT2D eigenvalue weighted by Crippen LogP contribution is 2.45. The zero-order valence-corrected chi connectivity index (χ0v) is 10.4. The molecule has 1 heterocycles. The Balaban J connectivity index is 1.96. The zero-order valence-electron chi connectivity index (χ0n) is 10.4. The lowest BCUT2D eigenvalue weighted by Gasteiger charge is -2.35. The van der Waals surface area contributed by atoms with E-state index in [1.165, 1.54) is 12.1 Å². The summed E-state index contributed by atoms with van der Waals surface area (Å²) >= 11 is 0. The average molecular weight is 269 g/mol. The fourth-order valence-electron chi connectivity index (χ4n) is 3.02. The van der Waals surface area contributed by atoms with Crippen LogP contribution in [-0.4, -0.2) is 12.4 Å². The van der Waals surface area contributed by atoms with Crippen LogP contribution in [0.4, 0.5) is 18.9 Å². The molecule has 2 aliphatic rings. The van der Waals surface area contributed by atoms with E-state index in [1.807, 2.05) is 0 Å². The lowest BCUT2D eigenvalue weighted by Crippen LogP contribution is -2.33.